The lowest BCUT2D eigenvalue weighted by Crippen LogP contribution is -2.70. The molecule has 0 bridgehead atoms. The molecule has 0 unspecified atom stereocenters. The maximum Gasteiger partial charge on any atom is 0.251 e. The monoisotopic (exact) mass is 464 g/mol. The molecule has 180 valence electrons. The fourth-order valence-electron chi connectivity index (χ4n) is 4.84. The van der Waals surface area contributed by atoms with Crippen molar-refractivity contribution in [2.75, 3.05) is 26.2 Å². The number of rotatable bonds is 8. The van der Waals surface area contributed by atoms with Gasteiger partial charge in [-0.15, -0.1) is 0 Å². The topological polar surface area (TPSA) is 77.1 Å². The summed E-state index contributed by atoms with van der Waals surface area (Å²) in [7, 11) is 4.72. The Morgan fingerprint density at radius 2 is 1.68 bits per heavy atom. The van der Waals surface area contributed by atoms with Crippen molar-refractivity contribution in [1.29, 1.82) is 0 Å². The van der Waals surface area contributed by atoms with Crippen LogP contribution in [0.2, 0.25) is 0 Å². The van der Waals surface area contributed by atoms with Crippen molar-refractivity contribution in [2.24, 2.45) is 0 Å². The molecule has 7 nitrogen and oxygen atoms in total. The van der Waals surface area contributed by atoms with E-state index in [1.807, 2.05) is 36.4 Å². The van der Waals surface area contributed by atoms with E-state index < -0.39 is 5.54 Å². The minimum Gasteiger partial charge on any atom is -0.496 e. The number of ether oxygens (including phenoxy) is 3. The molecule has 1 N–H and O–H groups in total. The molecule has 2 fully saturated rings. The van der Waals surface area contributed by atoms with Crippen LogP contribution in [0.4, 0.5) is 5.69 Å². The molecule has 1 heterocycles. The quantitative estimate of drug-likeness (QED) is 0.588. The summed E-state index contributed by atoms with van der Waals surface area (Å²) >= 11 is 0. The fraction of sp³-hybridized carbons (Fsp3) is 0.407. The summed E-state index contributed by atoms with van der Waals surface area (Å²) in [5.41, 5.74) is 0.272. The number of benzene rings is 2. The Morgan fingerprint density at radius 3 is 2.35 bits per heavy atom. The van der Waals surface area contributed by atoms with E-state index in [0.29, 0.717) is 22.9 Å². The van der Waals surface area contributed by atoms with Gasteiger partial charge in [-0.1, -0.05) is 43.5 Å². The van der Waals surface area contributed by atoms with Crippen LogP contribution in [-0.4, -0.2) is 44.7 Å². The summed E-state index contributed by atoms with van der Waals surface area (Å²) < 4.78 is 16.3. The minimum atomic E-state index is -1.14. The molecular weight excluding hydrogens is 432 g/mol. The molecule has 2 aliphatic rings. The van der Waals surface area contributed by atoms with Crippen LogP contribution >= 0.6 is 0 Å². The van der Waals surface area contributed by atoms with Gasteiger partial charge in [-0.3, -0.25) is 14.5 Å². The van der Waals surface area contributed by atoms with E-state index in [1.165, 1.54) is 6.42 Å². The smallest absolute Gasteiger partial charge is 0.251 e. The Hall–Kier alpha value is -3.48. The Bertz CT molecular complexity index is 1080. The van der Waals surface area contributed by atoms with Gasteiger partial charge in [-0.2, -0.15) is 0 Å². The van der Waals surface area contributed by atoms with Crippen molar-refractivity contribution < 1.29 is 23.8 Å². The molecule has 2 amide bonds. The van der Waals surface area contributed by atoms with Crippen LogP contribution in [0.3, 0.4) is 0 Å². The minimum absolute atomic E-state index is 0.0888. The molecule has 1 saturated carbocycles. The van der Waals surface area contributed by atoms with Gasteiger partial charge in [-0.25, -0.2) is 0 Å². The number of para-hydroxylation sites is 1. The summed E-state index contributed by atoms with van der Waals surface area (Å²) in [6.45, 7) is 0. The first-order chi connectivity index (χ1) is 16.5. The van der Waals surface area contributed by atoms with Crippen molar-refractivity contribution >= 4 is 23.6 Å². The standard InChI is InChI=1S/C27H32N2O5/c1-32-22-12-8-7-9-19(22)15-16-27(26(31)28-20-10-5-4-6-11-20)18-25(30)29(27)21-13-14-23(33-2)24(17-21)34-3/h7-9,12-17,20H,4-6,10-11,18H2,1-3H3,(H,28,31)/b16-15+/t27-/m1/s1. The number of β-lactam (4-membered cyclic amide) rings is 1. The molecule has 0 radical (unpaired) electrons. The zero-order valence-corrected chi connectivity index (χ0v) is 20.0. The van der Waals surface area contributed by atoms with Crippen LogP contribution in [0.25, 0.3) is 6.08 Å². The average Bonchev–Trinajstić information content (AvgIpc) is 2.86. The highest BCUT2D eigenvalue weighted by Gasteiger charge is 2.56. The van der Waals surface area contributed by atoms with Gasteiger partial charge >= 0.3 is 0 Å². The van der Waals surface area contributed by atoms with Gasteiger partial charge in [0.1, 0.15) is 5.75 Å². The molecule has 2 aromatic carbocycles. The Morgan fingerprint density at radius 1 is 0.971 bits per heavy atom. The second-order valence-corrected chi connectivity index (χ2v) is 8.75. The van der Waals surface area contributed by atoms with E-state index in [0.717, 1.165) is 31.2 Å². The lowest BCUT2D eigenvalue weighted by atomic mass is 9.80. The van der Waals surface area contributed by atoms with E-state index in [2.05, 4.69) is 5.32 Å². The number of hydrogen-bond donors (Lipinski definition) is 1. The van der Waals surface area contributed by atoms with Crippen molar-refractivity contribution in [3.8, 4) is 17.2 Å². The van der Waals surface area contributed by atoms with Crippen LogP contribution < -0.4 is 24.4 Å². The number of carbonyl (C=O) groups excluding carboxylic acids is 2. The summed E-state index contributed by atoms with van der Waals surface area (Å²) in [5.74, 6) is 1.46. The first-order valence-electron chi connectivity index (χ1n) is 11.7. The third kappa shape index (κ3) is 4.47. The van der Waals surface area contributed by atoms with Crippen LogP contribution in [0.5, 0.6) is 17.2 Å². The summed E-state index contributed by atoms with van der Waals surface area (Å²) in [4.78, 5) is 28.3. The molecular formula is C27H32N2O5. The largest absolute Gasteiger partial charge is 0.496 e. The number of carbonyl (C=O) groups is 2. The van der Waals surface area contributed by atoms with Gasteiger partial charge in [-0.05, 0) is 37.1 Å². The maximum absolute atomic E-state index is 13.8. The Balaban J connectivity index is 1.73. The van der Waals surface area contributed by atoms with Gasteiger partial charge in [0.05, 0.1) is 27.8 Å². The molecule has 1 atom stereocenters. The van der Waals surface area contributed by atoms with Crippen molar-refractivity contribution in [1.82, 2.24) is 5.32 Å². The third-order valence-electron chi connectivity index (χ3n) is 6.71. The zero-order chi connectivity index (χ0) is 24.1. The molecule has 0 spiro atoms. The van der Waals surface area contributed by atoms with E-state index in [9.17, 15) is 9.59 Å². The molecule has 4 rings (SSSR count). The van der Waals surface area contributed by atoms with E-state index in [1.54, 1.807) is 44.4 Å². The van der Waals surface area contributed by atoms with Gasteiger partial charge < -0.3 is 19.5 Å². The highest BCUT2D eigenvalue weighted by molar-refractivity contribution is 6.15. The summed E-state index contributed by atoms with van der Waals surface area (Å²) in [6, 6.07) is 13.0. The average molecular weight is 465 g/mol. The van der Waals surface area contributed by atoms with Gasteiger partial charge in [0.25, 0.3) is 5.91 Å². The molecule has 1 aliphatic carbocycles. The Labute approximate surface area is 200 Å². The van der Waals surface area contributed by atoms with Crippen LogP contribution in [0.15, 0.2) is 48.5 Å². The molecule has 0 aromatic heterocycles. The van der Waals surface area contributed by atoms with Crippen molar-refractivity contribution in [3.63, 3.8) is 0 Å². The number of nitrogens with one attached hydrogen (secondary N) is 1. The number of hydrogen-bond acceptors (Lipinski definition) is 5. The van der Waals surface area contributed by atoms with Gasteiger partial charge in [0.2, 0.25) is 5.91 Å². The number of amides is 2. The number of methoxy groups -OCH3 is 3. The highest BCUT2D eigenvalue weighted by atomic mass is 16.5. The van der Waals surface area contributed by atoms with Gasteiger partial charge in [0, 0.05) is 23.4 Å². The molecule has 7 heteroatoms. The van der Waals surface area contributed by atoms with E-state index >= 15 is 0 Å². The second kappa shape index (κ2) is 10.2. The number of anilines is 1. The van der Waals surface area contributed by atoms with Gasteiger partial charge in [0.15, 0.2) is 17.0 Å². The Kier molecular flexibility index (Phi) is 7.10. The highest BCUT2D eigenvalue weighted by Crippen LogP contribution is 2.42. The van der Waals surface area contributed by atoms with Crippen molar-refractivity contribution in [2.45, 2.75) is 50.1 Å². The van der Waals surface area contributed by atoms with Crippen LogP contribution in [0.1, 0.15) is 44.1 Å². The van der Waals surface area contributed by atoms with E-state index in [-0.39, 0.29) is 24.3 Å². The van der Waals surface area contributed by atoms with Crippen molar-refractivity contribution in [3.05, 3.63) is 54.1 Å². The summed E-state index contributed by atoms with van der Waals surface area (Å²) in [6.07, 6.45) is 9.10. The lowest BCUT2D eigenvalue weighted by molar-refractivity contribution is -0.137. The SMILES string of the molecule is COc1ccccc1/C=C/[C@]1(C(=O)NC2CCCCC2)CC(=O)N1c1ccc(OC)c(OC)c1. The zero-order valence-electron chi connectivity index (χ0n) is 20.0. The molecule has 1 aliphatic heterocycles. The third-order valence-corrected chi connectivity index (χ3v) is 6.71. The predicted octanol–water partition coefficient (Wildman–Crippen LogP) is 4.35. The van der Waals surface area contributed by atoms with Crippen LogP contribution in [-0.2, 0) is 9.59 Å². The summed E-state index contributed by atoms with van der Waals surface area (Å²) in [5, 5.41) is 3.23. The maximum atomic E-state index is 13.8. The molecule has 2 aromatic rings. The normalized spacial score (nSPS) is 20.7. The fourth-order valence-corrected chi connectivity index (χ4v) is 4.84. The first-order valence-corrected chi connectivity index (χ1v) is 11.7. The first kappa shape index (κ1) is 23.7. The van der Waals surface area contributed by atoms with Crippen LogP contribution in [0, 0.1) is 0 Å². The number of nitrogens with zero attached hydrogens (tertiary/aromatic N) is 1. The predicted molar refractivity (Wildman–Crippen MR) is 131 cm³/mol. The molecule has 34 heavy (non-hydrogen) atoms. The van der Waals surface area contributed by atoms with E-state index in [4.69, 9.17) is 14.2 Å². The second-order valence-electron chi connectivity index (χ2n) is 8.75. The molecule has 1 saturated heterocycles. The lowest BCUT2D eigenvalue weighted by Gasteiger charge is -2.49.